The molecule has 1 heterocycles. The zero-order valence-electron chi connectivity index (χ0n) is 12.3. The van der Waals surface area contributed by atoms with Gasteiger partial charge in [-0.2, -0.15) is 0 Å². The van der Waals surface area contributed by atoms with Crippen molar-refractivity contribution in [1.29, 1.82) is 0 Å². The Labute approximate surface area is 128 Å². The Morgan fingerprint density at radius 1 is 1.33 bits per heavy atom. The highest BCUT2D eigenvalue weighted by molar-refractivity contribution is 7.99. The summed E-state index contributed by atoms with van der Waals surface area (Å²) < 4.78 is 1.41. The monoisotopic (exact) mass is 305 g/mol. The van der Waals surface area contributed by atoms with Crippen LogP contribution in [0, 0.1) is 6.92 Å². The summed E-state index contributed by atoms with van der Waals surface area (Å²) >= 11 is 1.27. The predicted molar refractivity (Wildman–Crippen MR) is 84.3 cm³/mol. The van der Waals surface area contributed by atoms with E-state index in [0.717, 1.165) is 5.56 Å². The van der Waals surface area contributed by atoms with Gasteiger partial charge in [0.15, 0.2) is 5.82 Å². The van der Waals surface area contributed by atoms with E-state index in [1.165, 1.54) is 22.0 Å². The molecule has 0 radical (unpaired) electrons. The lowest BCUT2D eigenvalue weighted by Crippen LogP contribution is -2.31. The lowest BCUT2D eigenvalue weighted by Gasteiger charge is -2.07. The van der Waals surface area contributed by atoms with Crippen LogP contribution in [0.15, 0.2) is 29.4 Å². The minimum absolute atomic E-state index is 0.0464. The molecule has 0 atom stereocenters. The van der Waals surface area contributed by atoms with Gasteiger partial charge in [-0.25, -0.2) is 4.68 Å². The molecule has 0 aliphatic rings. The number of nitrogen functional groups attached to an aromatic ring is 1. The van der Waals surface area contributed by atoms with Crippen LogP contribution >= 0.6 is 11.8 Å². The number of nitrogens with zero attached hydrogens (tertiary/aromatic N) is 3. The van der Waals surface area contributed by atoms with Gasteiger partial charge in [-0.05, 0) is 20.8 Å². The van der Waals surface area contributed by atoms with E-state index in [4.69, 9.17) is 5.84 Å². The molecule has 0 bridgehead atoms. The number of hydrogen-bond acceptors (Lipinski definition) is 5. The number of amides is 1. The molecule has 0 saturated carbocycles. The molecule has 0 saturated heterocycles. The first-order chi connectivity index (χ1) is 9.97. The summed E-state index contributed by atoms with van der Waals surface area (Å²) in [6, 6.07) is 8.00. The third-order valence-electron chi connectivity index (χ3n) is 2.76. The second-order valence-corrected chi connectivity index (χ2v) is 6.00. The molecule has 0 fully saturated rings. The molecule has 112 valence electrons. The molecule has 0 spiro atoms. The van der Waals surface area contributed by atoms with Crippen LogP contribution in [-0.4, -0.2) is 32.6 Å². The first-order valence-electron chi connectivity index (χ1n) is 6.67. The maximum absolute atomic E-state index is 11.6. The van der Waals surface area contributed by atoms with Crippen molar-refractivity contribution in [1.82, 2.24) is 20.2 Å². The van der Waals surface area contributed by atoms with Crippen LogP contribution in [0.5, 0.6) is 0 Å². The summed E-state index contributed by atoms with van der Waals surface area (Å²) in [5.74, 6) is 6.80. The fourth-order valence-corrected chi connectivity index (χ4v) is 2.44. The highest BCUT2D eigenvalue weighted by atomic mass is 32.2. The van der Waals surface area contributed by atoms with E-state index in [1.54, 1.807) is 0 Å². The Balaban J connectivity index is 2.07. The summed E-state index contributed by atoms with van der Waals surface area (Å²) in [7, 11) is 0. The zero-order chi connectivity index (χ0) is 15.4. The number of nitrogens with two attached hydrogens (primary N) is 1. The normalized spacial score (nSPS) is 10.9. The van der Waals surface area contributed by atoms with Crippen molar-refractivity contribution in [3.8, 4) is 11.4 Å². The van der Waals surface area contributed by atoms with Crippen LogP contribution in [0.25, 0.3) is 11.4 Å². The molecule has 21 heavy (non-hydrogen) atoms. The first-order valence-corrected chi connectivity index (χ1v) is 7.65. The number of carbonyl (C=O) groups excluding carboxylic acids is 1. The van der Waals surface area contributed by atoms with Crippen molar-refractivity contribution < 1.29 is 4.79 Å². The average Bonchev–Trinajstić information content (AvgIpc) is 2.78. The number of aryl methyl sites for hydroxylation is 1. The van der Waals surface area contributed by atoms with Crippen molar-refractivity contribution >= 4 is 17.7 Å². The lowest BCUT2D eigenvalue weighted by molar-refractivity contribution is -0.119. The van der Waals surface area contributed by atoms with Gasteiger partial charge in [0.2, 0.25) is 11.1 Å². The van der Waals surface area contributed by atoms with E-state index in [1.807, 2.05) is 45.0 Å². The summed E-state index contributed by atoms with van der Waals surface area (Å²) in [5.41, 5.74) is 2.07. The molecule has 2 aromatic rings. The summed E-state index contributed by atoms with van der Waals surface area (Å²) in [6.45, 7) is 5.86. The topological polar surface area (TPSA) is 85.8 Å². The molecule has 0 aliphatic carbocycles. The summed E-state index contributed by atoms with van der Waals surface area (Å²) in [5, 5.41) is 11.5. The van der Waals surface area contributed by atoms with Gasteiger partial charge in [0.05, 0.1) is 5.75 Å². The van der Waals surface area contributed by atoms with Gasteiger partial charge in [0, 0.05) is 11.6 Å². The number of nitrogens with one attached hydrogen (secondary N) is 1. The Morgan fingerprint density at radius 2 is 2.00 bits per heavy atom. The minimum Gasteiger partial charge on any atom is -0.353 e. The predicted octanol–water partition coefficient (Wildman–Crippen LogP) is 1.58. The molecule has 1 aromatic heterocycles. The molecular formula is C14H19N5OS. The lowest BCUT2D eigenvalue weighted by atomic mass is 10.1. The van der Waals surface area contributed by atoms with Crippen LogP contribution in [0.2, 0.25) is 0 Å². The van der Waals surface area contributed by atoms with Crippen molar-refractivity contribution in [3.05, 3.63) is 29.8 Å². The third kappa shape index (κ3) is 3.98. The van der Waals surface area contributed by atoms with Gasteiger partial charge in [-0.3, -0.25) is 4.79 Å². The van der Waals surface area contributed by atoms with Crippen molar-refractivity contribution in [2.75, 3.05) is 11.6 Å². The Kier molecular flexibility index (Phi) is 4.85. The maximum Gasteiger partial charge on any atom is 0.230 e. The van der Waals surface area contributed by atoms with Gasteiger partial charge in [-0.1, -0.05) is 41.6 Å². The van der Waals surface area contributed by atoms with Gasteiger partial charge < -0.3 is 11.2 Å². The van der Waals surface area contributed by atoms with Crippen molar-refractivity contribution in [2.24, 2.45) is 0 Å². The van der Waals surface area contributed by atoms with E-state index in [9.17, 15) is 4.79 Å². The Morgan fingerprint density at radius 3 is 2.62 bits per heavy atom. The molecule has 0 aliphatic heterocycles. The number of hydrogen-bond donors (Lipinski definition) is 2. The van der Waals surface area contributed by atoms with Crippen molar-refractivity contribution in [3.63, 3.8) is 0 Å². The molecule has 2 rings (SSSR count). The third-order valence-corrected chi connectivity index (χ3v) is 3.70. The molecule has 0 unspecified atom stereocenters. The fraction of sp³-hybridized carbons (Fsp3) is 0.357. The van der Waals surface area contributed by atoms with Crippen molar-refractivity contribution in [2.45, 2.75) is 32.0 Å². The first kappa shape index (κ1) is 15.4. The van der Waals surface area contributed by atoms with Gasteiger partial charge >= 0.3 is 0 Å². The molecule has 3 N–H and O–H groups in total. The van der Waals surface area contributed by atoms with Gasteiger partial charge in [0.1, 0.15) is 0 Å². The van der Waals surface area contributed by atoms with Crippen LogP contribution in [0.3, 0.4) is 0 Å². The molecule has 6 nitrogen and oxygen atoms in total. The molecular weight excluding hydrogens is 286 g/mol. The van der Waals surface area contributed by atoms with E-state index in [2.05, 4.69) is 15.5 Å². The SMILES string of the molecule is Cc1ccc(-c2nnc(SCC(=O)NC(C)C)n2N)cc1. The Bertz CT molecular complexity index is 621. The summed E-state index contributed by atoms with van der Waals surface area (Å²) in [4.78, 5) is 11.6. The van der Waals surface area contributed by atoms with E-state index >= 15 is 0 Å². The van der Waals surface area contributed by atoms with Crippen LogP contribution in [-0.2, 0) is 4.79 Å². The second-order valence-electron chi connectivity index (χ2n) is 5.05. The average molecular weight is 305 g/mol. The number of aromatic nitrogens is 3. The standard InChI is InChI=1S/C14H19N5OS/c1-9(2)16-12(20)8-21-14-18-17-13(19(14)15)11-6-4-10(3)5-7-11/h4-7,9H,8,15H2,1-3H3,(H,16,20). The van der Waals surface area contributed by atoms with Crippen LogP contribution < -0.4 is 11.2 Å². The maximum atomic E-state index is 11.6. The molecule has 1 amide bonds. The fourth-order valence-electron chi connectivity index (χ4n) is 1.77. The Hall–Kier alpha value is -2.02. The molecule has 1 aromatic carbocycles. The van der Waals surface area contributed by atoms with Crippen LogP contribution in [0.4, 0.5) is 0 Å². The second kappa shape index (κ2) is 6.62. The van der Waals surface area contributed by atoms with E-state index in [-0.39, 0.29) is 17.7 Å². The molecule has 7 heteroatoms. The zero-order valence-corrected chi connectivity index (χ0v) is 13.1. The number of benzene rings is 1. The smallest absolute Gasteiger partial charge is 0.230 e. The largest absolute Gasteiger partial charge is 0.353 e. The number of carbonyl (C=O) groups is 1. The van der Waals surface area contributed by atoms with Gasteiger partial charge in [-0.15, -0.1) is 10.2 Å². The van der Waals surface area contributed by atoms with E-state index in [0.29, 0.717) is 11.0 Å². The van der Waals surface area contributed by atoms with E-state index < -0.39 is 0 Å². The van der Waals surface area contributed by atoms with Crippen LogP contribution in [0.1, 0.15) is 19.4 Å². The highest BCUT2D eigenvalue weighted by Gasteiger charge is 2.13. The minimum atomic E-state index is -0.0464. The number of thioether (sulfide) groups is 1. The highest BCUT2D eigenvalue weighted by Crippen LogP contribution is 2.21. The number of rotatable bonds is 5. The van der Waals surface area contributed by atoms with Gasteiger partial charge in [0.25, 0.3) is 0 Å². The summed E-state index contributed by atoms with van der Waals surface area (Å²) in [6.07, 6.45) is 0. The quantitative estimate of drug-likeness (QED) is 0.647.